The molecule has 2 heterocycles. The Morgan fingerprint density at radius 1 is 1.62 bits per heavy atom. The molecule has 0 saturated carbocycles. The van der Waals surface area contributed by atoms with Gasteiger partial charge in [-0.2, -0.15) is 0 Å². The summed E-state index contributed by atoms with van der Waals surface area (Å²) in [5.74, 6) is -0.301. The molecular weight excluding hydrogens is 232 g/mol. The van der Waals surface area contributed by atoms with E-state index in [4.69, 9.17) is 14.3 Å². The van der Waals surface area contributed by atoms with Crippen LogP contribution in [0.5, 0.6) is 0 Å². The van der Waals surface area contributed by atoms with Crippen LogP contribution in [-0.4, -0.2) is 39.7 Å². The Bertz CT molecular complexity index is 381. The quantitative estimate of drug-likeness (QED) is 0.795. The molecule has 1 N–H and O–H groups in total. The first-order chi connectivity index (χ1) is 7.66. The summed E-state index contributed by atoms with van der Waals surface area (Å²) in [6, 6.07) is 0. The molecule has 2 atom stereocenters. The normalized spacial score (nSPS) is 24.8. The summed E-state index contributed by atoms with van der Waals surface area (Å²) in [6.07, 6.45) is 0.949. The molecule has 0 radical (unpaired) electrons. The van der Waals surface area contributed by atoms with Crippen molar-refractivity contribution in [1.82, 2.24) is 10.2 Å². The number of aromatic nitrogens is 2. The summed E-state index contributed by atoms with van der Waals surface area (Å²) in [5.41, 5.74) is 0. The Hall–Kier alpha value is -1.08. The molecule has 0 aliphatic carbocycles. The average molecular weight is 244 g/mol. The van der Waals surface area contributed by atoms with E-state index in [0.717, 1.165) is 18.2 Å². The highest BCUT2D eigenvalue weighted by Crippen LogP contribution is 2.31. The minimum absolute atomic E-state index is 0.0711. The van der Waals surface area contributed by atoms with Crippen LogP contribution in [0.25, 0.3) is 0 Å². The molecule has 1 aromatic rings. The molecule has 0 spiro atoms. The number of nitrogens with zero attached hydrogens (tertiary/aromatic N) is 2. The minimum Gasteiger partial charge on any atom is -0.481 e. The van der Waals surface area contributed by atoms with Gasteiger partial charge in [-0.25, -0.2) is 0 Å². The van der Waals surface area contributed by atoms with E-state index in [9.17, 15) is 4.79 Å². The molecule has 1 aliphatic rings. The number of carboxylic acids is 1. The standard InChI is InChI=1S/C9H12N2O4S/c1-5-6(2-3-14-5)8-10-11-9(15-8)16-4-7(12)13/h5-6H,2-4H2,1H3,(H,12,13). The molecule has 2 unspecified atom stereocenters. The number of aliphatic carboxylic acids is 1. The largest absolute Gasteiger partial charge is 0.481 e. The molecule has 2 rings (SSSR count). The lowest BCUT2D eigenvalue weighted by Gasteiger charge is -2.07. The molecule has 16 heavy (non-hydrogen) atoms. The van der Waals surface area contributed by atoms with Gasteiger partial charge in [0.25, 0.3) is 5.22 Å². The fourth-order valence-electron chi connectivity index (χ4n) is 1.61. The topological polar surface area (TPSA) is 85.5 Å². The van der Waals surface area contributed by atoms with Gasteiger partial charge in [0.2, 0.25) is 5.89 Å². The van der Waals surface area contributed by atoms with Crippen LogP contribution in [0.3, 0.4) is 0 Å². The van der Waals surface area contributed by atoms with Gasteiger partial charge in [-0.1, -0.05) is 11.8 Å². The molecule has 1 aliphatic heterocycles. The fraction of sp³-hybridized carbons (Fsp3) is 0.667. The molecule has 1 fully saturated rings. The van der Waals surface area contributed by atoms with Crippen LogP contribution >= 0.6 is 11.8 Å². The highest BCUT2D eigenvalue weighted by Gasteiger charge is 2.30. The number of hydrogen-bond donors (Lipinski definition) is 1. The van der Waals surface area contributed by atoms with E-state index < -0.39 is 5.97 Å². The summed E-state index contributed by atoms with van der Waals surface area (Å²) in [7, 11) is 0. The lowest BCUT2D eigenvalue weighted by Crippen LogP contribution is -2.09. The van der Waals surface area contributed by atoms with Crippen molar-refractivity contribution in [2.75, 3.05) is 12.4 Å². The minimum atomic E-state index is -0.901. The number of hydrogen-bond acceptors (Lipinski definition) is 6. The molecule has 6 nitrogen and oxygen atoms in total. The van der Waals surface area contributed by atoms with E-state index in [-0.39, 0.29) is 17.8 Å². The molecule has 0 amide bonds. The molecule has 0 bridgehead atoms. The zero-order valence-electron chi connectivity index (χ0n) is 8.75. The first kappa shape index (κ1) is 11.4. The van der Waals surface area contributed by atoms with Crippen molar-refractivity contribution in [1.29, 1.82) is 0 Å². The maximum Gasteiger partial charge on any atom is 0.314 e. The van der Waals surface area contributed by atoms with E-state index in [0.29, 0.717) is 17.7 Å². The van der Waals surface area contributed by atoms with Gasteiger partial charge in [0.15, 0.2) is 0 Å². The number of carboxylic acid groups (broad SMARTS) is 1. The second-order valence-corrected chi connectivity index (χ2v) is 4.49. The predicted molar refractivity (Wildman–Crippen MR) is 55.4 cm³/mol. The van der Waals surface area contributed by atoms with Crippen molar-refractivity contribution in [2.24, 2.45) is 0 Å². The zero-order chi connectivity index (χ0) is 11.5. The van der Waals surface area contributed by atoms with Gasteiger partial charge in [0.05, 0.1) is 12.0 Å². The SMILES string of the molecule is CC1OCCC1c1nnc(SCC(=O)O)o1. The predicted octanol–water partition coefficient (Wildman–Crippen LogP) is 1.14. The summed E-state index contributed by atoms with van der Waals surface area (Å²) >= 11 is 1.03. The highest BCUT2D eigenvalue weighted by molar-refractivity contribution is 7.99. The van der Waals surface area contributed by atoms with Gasteiger partial charge < -0.3 is 14.3 Å². The first-order valence-electron chi connectivity index (χ1n) is 4.96. The van der Waals surface area contributed by atoms with Gasteiger partial charge in [-0.3, -0.25) is 4.79 Å². The van der Waals surface area contributed by atoms with Crippen LogP contribution in [0.15, 0.2) is 9.64 Å². The van der Waals surface area contributed by atoms with Gasteiger partial charge in [0, 0.05) is 6.61 Å². The van der Waals surface area contributed by atoms with Crippen molar-refractivity contribution < 1.29 is 19.1 Å². The van der Waals surface area contributed by atoms with Gasteiger partial charge in [-0.05, 0) is 13.3 Å². The second kappa shape index (κ2) is 4.84. The van der Waals surface area contributed by atoms with Crippen LogP contribution in [0.4, 0.5) is 0 Å². The Balaban J connectivity index is 1.99. The van der Waals surface area contributed by atoms with Crippen LogP contribution in [0.2, 0.25) is 0 Å². The summed E-state index contributed by atoms with van der Waals surface area (Å²) in [4.78, 5) is 10.4. The highest BCUT2D eigenvalue weighted by atomic mass is 32.2. The Morgan fingerprint density at radius 3 is 3.06 bits per heavy atom. The summed E-state index contributed by atoms with van der Waals surface area (Å²) < 4.78 is 10.8. The lowest BCUT2D eigenvalue weighted by atomic mass is 10.0. The van der Waals surface area contributed by atoms with E-state index in [1.54, 1.807) is 0 Å². The Kier molecular flexibility index (Phi) is 3.45. The Morgan fingerprint density at radius 2 is 2.44 bits per heavy atom. The van der Waals surface area contributed by atoms with Crippen molar-refractivity contribution in [3.05, 3.63) is 5.89 Å². The van der Waals surface area contributed by atoms with E-state index in [2.05, 4.69) is 10.2 Å². The summed E-state index contributed by atoms with van der Waals surface area (Å²) in [5, 5.41) is 16.5. The number of ether oxygens (including phenoxy) is 1. The molecular formula is C9H12N2O4S. The van der Waals surface area contributed by atoms with Crippen molar-refractivity contribution in [3.63, 3.8) is 0 Å². The Labute approximate surface area is 96.4 Å². The second-order valence-electron chi connectivity index (χ2n) is 3.56. The zero-order valence-corrected chi connectivity index (χ0v) is 9.57. The number of rotatable bonds is 4. The van der Waals surface area contributed by atoms with Gasteiger partial charge in [-0.15, -0.1) is 10.2 Å². The molecule has 1 aromatic heterocycles. The first-order valence-corrected chi connectivity index (χ1v) is 5.95. The van der Waals surface area contributed by atoms with Crippen LogP contribution in [0.1, 0.15) is 25.2 Å². The van der Waals surface area contributed by atoms with Crippen molar-refractivity contribution >= 4 is 17.7 Å². The number of carbonyl (C=O) groups is 1. The van der Waals surface area contributed by atoms with E-state index in [1.165, 1.54) is 0 Å². The van der Waals surface area contributed by atoms with Crippen LogP contribution < -0.4 is 0 Å². The molecule has 0 aromatic carbocycles. The fourth-order valence-corrected chi connectivity index (χ4v) is 2.10. The maximum atomic E-state index is 10.4. The molecule has 7 heteroatoms. The smallest absolute Gasteiger partial charge is 0.314 e. The third kappa shape index (κ3) is 2.53. The lowest BCUT2D eigenvalue weighted by molar-refractivity contribution is -0.133. The van der Waals surface area contributed by atoms with Crippen LogP contribution in [-0.2, 0) is 9.53 Å². The van der Waals surface area contributed by atoms with Crippen molar-refractivity contribution in [2.45, 2.75) is 30.6 Å². The van der Waals surface area contributed by atoms with Gasteiger partial charge in [0.1, 0.15) is 5.75 Å². The third-order valence-electron chi connectivity index (χ3n) is 2.43. The van der Waals surface area contributed by atoms with Crippen LogP contribution in [0, 0.1) is 0 Å². The number of thioether (sulfide) groups is 1. The molecule has 88 valence electrons. The summed E-state index contributed by atoms with van der Waals surface area (Å²) in [6.45, 7) is 2.66. The molecule has 1 saturated heterocycles. The monoisotopic (exact) mass is 244 g/mol. The van der Waals surface area contributed by atoms with E-state index >= 15 is 0 Å². The van der Waals surface area contributed by atoms with E-state index in [1.807, 2.05) is 6.92 Å². The van der Waals surface area contributed by atoms with Gasteiger partial charge >= 0.3 is 5.97 Å². The third-order valence-corrected chi connectivity index (χ3v) is 3.24. The van der Waals surface area contributed by atoms with Crippen molar-refractivity contribution in [3.8, 4) is 0 Å². The average Bonchev–Trinajstić information content (AvgIpc) is 2.83. The maximum absolute atomic E-state index is 10.4.